The fourth-order valence-corrected chi connectivity index (χ4v) is 5.99. The lowest BCUT2D eigenvalue weighted by molar-refractivity contribution is -0.132. The molecule has 6 rings (SSSR count). The van der Waals surface area contributed by atoms with E-state index in [-0.39, 0.29) is 22.6 Å². The lowest BCUT2D eigenvalue weighted by Gasteiger charge is -2.23. The predicted octanol–water partition coefficient (Wildman–Crippen LogP) is 6.15. The molecule has 0 saturated carbocycles. The van der Waals surface area contributed by atoms with Gasteiger partial charge in [0.25, 0.3) is 5.78 Å². The molecule has 9 heteroatoms. The van der Waals surface area contributed by atoms with Crippen LogP contribution in [0.2, 0.25) is 0 Å². The first kappa shape index (κ1) is 22.9. The van der Waals surface area contributed by atoms with E-state index in [0.717, 1.165) is 27.1 Å². The lowest BCUT2D eigenvalue weighted by atomic mass is 9.94. The van der Waals surface area contributed by atoms with E-state index >= 15 is 0 Å². The molecule has 0 radical (unpaired) electrons. The fourth-order valence-electron chi connectivity index (χ4n) is 4.70. The van der Waals surface area contributed by atoms with Crippen LogP contribution < -0.4 is 9.64 Å². The summed E-state index contributed by atoms with van der Waals surface area (Å²) in [5.74, 6) is -1.55. The van der Waals surface area contributed by atoms with Crippen LogP contribution >= 0.6 is 27.3 Å². The van der Waals surface area contributed by atoms with Gasteiger partial charge in [-0.1, -0.05) is 39.4 Å². The Balaban J connectivity index is 1.53. The van der Waals surface area contributed by atoms with Gasteiger partial charge >= 0.3 is 5.91 Å². The van der Waals surface area contributed by atoms with Gasteiger partial charge in [-0.25, -0.2) is 9.37 Å². The van der Waals surface area contributed by atoms with Gasteiger partial charge < -0.3 is 9.84 Å². The fraction of sp³-hybridized carbons (Fsp3) is 0.148. The van der Waals surface area contributed by atoms with Gasteiger partial charge in [0.1, 0.15) is 23.4 Å². The third-order valence-electron chi connectivity index (χ3n) is 6.34. The maximum Gasteiger partial charge on any atom is 0.301 e. The number of rotatable bonds is 3. The Bertz CT molecular complexity index is 1600. The van der Waals surface area contributed by atoms with Crippen LogP contribution in [0.3, 0.4) is 0 Å². The summed E-state index contributed by atoms with van der Waals surface area (Å²) in [6.07, 6.45) is 0.707. The zero-order valence-electron chi connectivity index (χ0n) is 18.9. The molecule has 0 bridgehead atoms. The normalized spacial score (nSPS) is 20.7. The summed E-state index contributed by atoms with van der Waals surface area (Å²) in [6.45, 7) is 1.96. The van der Waals surface area contributed by atoms with Gasteiger partial charge in [-0.05, 0) is 66.6 Å². The summed E-state index contributed by atoms with van der Waals surface area (Å²) in [4.78, 5) is 32.6. The highest BCUT2D eigenvalue weighted by Crippen LogP contribution is 2.45. The number of hydrogen-bond acceptors (Lipinski definition) is 6. The Hall–Kier alpha value is -3.56. The summed E-state index contributed by atoms with van der Waals surface area (Å²) < 4.78 is 20.9. The van der Waals surface area contributed by atoms with Crippen LogP contribution in [-0.2, 0) is 16.0 Å². The van der Waals surface area contributed by atoms with E-state index in [1.807, 2.05) is 6.92 Å². The SMILES string of the molecule is C[C@H]1Cc2cc(C(O)=C3C(=O)C(=O)N(c4nc5ccc(F)cc5s4)[C@H]3c3ccc(Br)cc3)ccc2O1. The maximum atomic E-state index is 13.8. The van der Waals surface area contributed by atoms with Crippen molar-refractivity contribution >= 4 is 60.1 Å². The van der Waals surface area contributed by atoms with Crippen LogP contribution in [0.5, 0.6) is 5.75 Å². The first-order valence-corrected chi connectivity index (χ1v) is 12.8. The number of anilines is 1. The van der Waals surface area contributed by atoms with E-state index < -0.39 is 23.5 Å². The molecule has 1 amide bonds. The summed E-state index contributed by atoms with van der Waals surface area (Å²) >= 11 is 4.53. The second kappa shape index (κ2) is 8.53. The largest absolute Gasteiger partial charge is 0.507 e. The average molecular weight is 565 g/mol. The van der Waals surface area contributed by atoms with Crippen LogP contribution in [0.15, 0.2) is 70.7 Å². The number of fused-ring (bicyclic) bond motifs is 2. The molecule has 3 aromatic carbocycles. The number of aromatic nitrogens is 1. The molecule has 0 unspecified atom stereocenters. The average Bonchev–Trinajstić information content (AvgIpc) is 3.51. The van der Waals surface area contributed by atoms with E-state index in [9.17, 15) is 19.1 Å². The molecule has 6 nitrogen and oxygen atoms in total. The molecular formula is C27H18BrFN2O4S. The van der Waals surface area contributed by atoms with Crippen molar-refractivity contribution in [3.05, 3.63) is 93.2 Å². The van der Waals surface area contributed by atoms with Gasteiger partial charge in [0.15, 0.2) is 5.13 Å². The van der Waals surface area contributed by atoms with Crippen LogP contribution in [0.25, 0.3) is 16.0 Å². The highest BCUT2D eigenvalue weighted by atomic mass is 79.9. The van der Waals surface area contributed by atoms with E-state index in [4.69, 9.17) is 4.74 Å². The maximum absolute atomic E-state index is 13.8. The molecule has 1 N–H and O–H groups in total. The van der Waals surface area contributed by atoms with Gasteiger partial charge in [0, 0.05) is 16.5 Å². The number of thiazole rings is 1. The number of ether oxygens (including phenoxy) is 1. The van der Waals surface area contributed by atoms with E-state index in [1.165, 1.54) is 23.1 Å². The summed E-state index contributed by atoms with van der Waals surface area (Å²) in [7, 11) is 0. The summed E-state index contributed by atoms with van der Waals surface area (Å²) in [5, 5.41) is 11.6. The number of amides is 1. The number of hydrogen-bond donors (Lipinski definition) is 1. The Labute approximate surface area is 217 Å². The van der Waals surface area contributed by atoms with Gasteiger partial charge in [-0.2, -0.15) is 0 Å². The smallest absolute Gasteiger partial charge is 0.301 e. The number of Topliss-reactive ketones (excluding diaryl/α,β-unsaturated/α-hetero) is 1. The summed E-state index contributed by atoms with van der Waals surface area (Å²) in [6, 6.07) is 15.7. The Kier molecular flexibility index (Phi) is 5.42. The molecule has 180 valence electrons. The van der Waals surface area contributed by atoms with Gasteiger partial charge in [0.2, 0.25) is 0 Å². The van der Waals surface area contributed by atoms with Crippen molar-refractivity contribution in [1.29, 1.82) is 0 Å². The molecule has 0 aliphatic carbocycles. The van der Waals surface area contributed by atoms with E-state index in [2.05, 4.69) is 20.9 Å². The first-order valence-electron chi connectivity index (χ1n) is 11.2. The third-order valence-corrected chi connectivity index (χ3v) is 7.89. The van der Waals surface area contributed by atoms with Gasteiger partial charge in [-0.15, -0.1) is 0 Å². The second-order valence-corrected chi connectivity index (χ2v) is 10.7. The lowest BCUT2D eigenvalue weighted by Crippen LogP contribution is -2.29. The Morgan fingerprint density at radius 2 is 1.92 bits per heavy atom. The van der Waals surface area contributed by atoms with Crippen LogP contribution in [0.4, 0.5) is 9.52 Å². The minimum absolute atomic E-state index is 0.0228. The van der Waals surface area contributed by atoms with Crippen molar-refractivity contribution < 1.29 is 23.8 Å². The Morgan fingerprint density at radius 1 is 1.14 bits per heavy atom. The number of aliphatic hydroxyl groups excluding tert-OH is 1. The number of nitrogens with zero attached hydrogens (tertiary/aromatic N) is 2. The monoisotopic (exact) mass is 564 g/mol. The zero-order chi connectivity index (χ0) is 25.1. The molecule has 1 fully saturated rings. The Morgan fingerprint density at radius 3 is 2.69 bits per heavy atom. The van der Waals surface area contributed by atoms with Gasteiger partial charge in [0.05, 0.1) is 21.8 Å². The van der Waals surface area contributed by atoms with Crippen molar-refractivity contribution in [1.82, 2.24) is 4.98 Å². The van der Waals surface area contributed by atoms with Crippen molar-refractivity contribution in [3.63, 3.8) is 0 Å². The standard InChI is InChI=1S/C27H18BrFN2O4S/c1-13-10-16-11-15(4-9-20(16)35-13)24(32)22-23(14-2-5-17(28)6-3-14)31(26(34)25(22)33)27-30-19-8-7-18(29)12-21(19)36-27/h2-9,11-13,23,32H,10H2,1H3/t13-,23-/m0/s1. The number of ketones is 1. The molecule has 2 aliphatic rings. The quantitative estimate of drug-likeness (QED) is 0.183. The molecule has 2 aliphatic heterocycles. The van der Waals surface area contributed by atoms with Crippen molar-refractivity contribution in [2.75, 3.05) is 4.90 Å². The predicted molar refractivity (Wildman–Crippen MR) is 139 cm³/mol. The molecular weight excluding hydrogens is 547 g/mol. The highest BCUT2D eigenvalue weighted by Gasteiger charge is 2.48. The first-order chi connectivity index (χ1) is 17.3. The minimum Gasteiger partial charge on any atom is -0.507 e. The molecule has 36 heavy (non-hydrogen) atoms. The van der Waals surface area contributed by atoms with Crippen molar-refractivity contribution in [2.45, 2.75) is 25.5 Å². The highest BCUT2D eigenvalue weighted by molar-refractivity contribution is 9.10. The molecule has 4 aromatic rings. The third kappa shape index (κ3) is 3.70. The number of carbonyl (C=O) groups excluding carboxylic acids is 2. The molecule has 1 aromatic heterocycles. The number of aliphatic hydroxyl groups is 1. The van der Waals surface area contributed by atoms with Crippen molar-refractivity contribution in [3.8, 4) is 5.75 Å². The van der Waals surface area contributed by atoms with Crippen LogP contribution in [-0.4, -0.2) is 27.9 Å². The molecule has 1 saturated heterocycles. The van der Waals surface area contributed by atoms with E-state index in [0.29, 0.717) is 27.8 Å². The number of benzene rings is 3. The second-order valence-electron chi connectivity index (χ2n) is 8.78. The number of halogens is 2. The molecule has 3 heterocycles. The van der Waals surface area contributed by atoms with Crippen molar-refractivity contribution in [2.24, 2.45) is 0 Å². The van der Waals surface area contributed by atoms with Gasteiger partial charge in [-0.3, -0.25) is 14.5 Å². The topological polar surface area (TPSA) is 79.7 Å². The van der Waals surface area contributed by atoms with Crippen LogP contribution in [0, 0.1) is 5.82 Å². The zero-order valence-corrected chi connectivity index (χ0v) is 21.3. The molecule has 0 spiro atoms. The summed E-state index contributed by atoms with van der Waals surface area (Å²) in [5.41, 5.74) is 2.47. The van der Waals surface area contributed by atoms with Crippen LogP contribution in [0.1, 0.15) is 29.7 Å². The van der Waals surface area contributed by atoms with E-state index in [1.54, 1.807) is 42.5 Å². The molecule has 2 atom stereocenters. The number of carbonyl (C=O) groups is 2. The minimum atomic E-state index is -0.910.